The maximum absolute atomic E-state index is 11.4. The van der Waals surface area contributed by atoms with Crippen LogP contribution in [0.15, 0.2) is 22.7 Å². The van der Waals surface area contributed by atoms with Gasteiger partial charge >= 0.3 is 5.97 Å². The first-order valence-electron chi connectivity index (χ1n) is 5.97. The van der Waals surface area contributed by atoms with Gasteiger partial charge in [-0.15, -0.1) is 0 Å². The molecule has 2 heterocycles. The van der Waals surface area contributed by atoms with Crippen LogP contribution >= 0.6 is 0 Å². The zero-order valence-electron chi connectivity index (χ0n) is 11.3. The highest BCUT2D eigenvalue weighted by atomic mass is 16.5. The number of aryl methyl sites for hydroxylation is 2. The van der Waals surface area contributed by atoms with E-state index in [4.69, 9.17) is 4.42 Å². The van der Waals surface area contributed by atoms with E-state index in [1.165, 1.54) is 7.11 Å². The van der Waals surface area contributed by atoms with E-state index in [1.54, 1.807) is 17.7 Å². The average Bonchev–Trinajstić information content (AvgIpc) is 2.95. The molecule has 0 amide bonds. The number of hydrogen-bond donors (Lipinski definition) is 1. The smallest absolute Gasteiger partial charge is 0.341 e. The topological polar surface area (TPSA) is 69.3 Å². The molecule has 2 rings (SSSR count). The molecule has 0 atom stereocenters. The summed E-state index contributed by atoms with van der Waals surface area (Å²) in [4.78, 5) is 11.4. The Kier molecular flexibility index (Phi) is 4.01. The molecular weight excluding hydrogens is 246 g/mol. The molecule has 0 aliphatic rings. The fourth-order valence-corrected chi connectivity index (χ4v) is 1.81. The summed E-state index contributed by atoms with van der Waals surface area (Å²) in [6, 6.07) is 3.65. The Morgan fingerprint density at radius 3 is 2.95 bits per heavy atom. The molecule has 0 fully saturated rings. The number of nitrogens with zero attached hydrogens (tertiary/aromatic N) is 2. The van der Waals surface area contributed by atoms with Gasteiger partial charge in [-0.1, -0.05) is 0 Å². The lowest BCUT2D eigenvalue weighted by Gasteiger charge is -1.99. The Bertz CT molecular complexity index is 571. The van der Waals surface area contributed by atoms with Gasteiger partial charge in [-0.05, 0) is 19.1 Å². The number of ether oxygens (including phenoxy) is 1. The second-order valence-corrected chi connectivity index (χ2v) is 4.26. The maximum Gasteiger partial charge on any atom is 0.341 e. The lowest BCUT2D eigenvalue weighted by atomic mass is 10.2. The van der Waals surface area contributed by atoms with Gasteiger partial charge in [-0.25, -0.2) is 4.79 Å². The van der Waals surface area contributed by atoms with Crippen LogP contribution in [0, 0.1) is 6.92 Å². The maximum atomic E-state index is 11.4. The number of hydrogen-bond acceptors (Lipinski definition) is 5. The van der Waals surface area contributed by atoms with Gasteiger partial charge in [0.2, 0.25) is 0 Å². The Balaban J connectivity index is 1.91. The highest BCUT2D eigenvalue weighted by Crippen LogP contribution is 2.15. The van der Waals surface area contributed by atoms with E-state index < -0.39 is 0 Å². The van der Waals surface area contributed by atoms with E-state index >= 15 is 0 Å². The van der Waals surface area contributed by atoms with Crippen molar-refractivity contribution in [2.45, 2.75) is 20.0 Å². The molecule has 102 valence electrons. The number of methoxy groups -OCH3 is 1. The fourth-order valence-electron chi connectivity index (χ4n) is 1.81. The van der Waals surface area contributed by atoms with Crippen molar-refractivity contribution in [3.05, 3.63) is 41.1 Å². The molecule has 0 unspecified atom stereocenters. The summed E-state index contributed by atoms with van der Waals surface area (Å²) in [6.07, 6.45) is 1.89. The zero-order chi connectivity index (χ0) is 13.8. The molecule has 0 radical (unpaired) electrons. The van der Waals surface area contributed by atoms with Crippen molar-refractivity contribution in [1.82, 2.24) is 15.1 Å². The van der Waals surface area contributed by atoms with Crippen molar-refractivity contribution in [2.24, 2.45) is 7.05 Å². The summed E-state index contributed by atoms with van der Waals surface area (Å²) in [6.45, 7) is 2.93. The zero-order valence-corrected chi connectivity index (χ0v) is 11.3. The third-order valence-corrected chi connectivity index (χ3v) is 2.75. The SMILES string of the molecule is COC(=O)c1cc(CNCc2ccn(C)n2)oc1C. The first-order chi connectivity index (χ1) is 9.10. The molecule has 0 aliphatic heterocycles. The molecule has 6 heteroatoms. The lowest BCUT2D eigenvalue weighted by molar-refractivity contribution is 0.0599. The third kappa shape index (κ3) is 3.23. The van der Waals surface area contributed by atoms with E-state index in [-0.39, 0.29) is 5.97 Å². The van der Waals surface area contributed by atoms with Crippen molar-refractivity contribution < 1.29 is 13.9 Å². The highest BCUT2D eigenvalue weighted by molar-refractivity contribution is 5.90. The number of nitrogens with one attached hydrogen (secondary N) is 1. The highest BCUT2D eigenvalue weighted by Gasteiger charge is 2.14. The van der Waals surface area contributed by atoms with E-state index in [0.717, 1.165) is 5.69 Å². The minimum atomic E-state index is -0.378. The Morgan fingerprint density at radius 2 is 2.32 bits per heavy atom. The minimum Gasteiger partial charge on any atom is -0.465 e. The van der Waals surface area contributed by atoms with Crippen LogP contribution in [0.1, 0.15) is 27.6 Å². The van der Waals surface area contributed by atoms with Crippen LogP contribution in [0.2, 0.25) is 0 Å². The van der Waals surface area contributed by atoms with Gasteiger partial charge in [0.15, 0.2) is 0 Å². The third-order valence-electron chi connectivity index (χ3n) is 2.75. The minimum absolute atomic E-state index is 0.378. The normalized spacial score (nSPS) is 10.7. The van der Waals surface area contributed by atoms with Crippen molar-refractivity contribution in [3.63, 3.8) is 0 Å². The molecule has 0 aromatic carbocycles. The van der Waals surface area contributed by atoms with Crippen LogP contribution in [0.5, 0.6) is 0 Å². The summed E-state index contributed by atoms with van der Waals surface area (Å²) < 4.78 is 11.9. The number of esters is 1. The van der Waals surface area contributed by atoms with Gasteiger partial charge in [-0.3, -0.25) is 4.68 Å². The molecule has 2 aromatic heterocycles. The summed E-state index contributed by atoms with van der Waals surface area (Å²) >= 11 is 0. The molecule has 19 heavy (non-hydrogen) atoms. The van der Waals surface area contributed by atoms with Gasteiger partial charge < -0.3 is 14.5 Å². The number of carbonyl (C=O) groups excluding carboxylic acids is 1. The molecule has 0 spiro atoms. The standard InChI is InChI=1S/C13H17N3O3/c1-9-12(13(17)18-3)6-11(19-9)8-14-7-10-4-5-16(2)15-10/h4-6,14H,7-8H2,1-3H3. The monoisotopic (exact) mass is 263 g/mol. The van der Waals surface area contributed by atoms with Crippen molar-refractivity contribution in [1.29, 1.82) is 0 Å². The molecule has 1 N–H and O–H groups in total. The molecular formula is C13H17N3O3. The molecule has 6 nitrogen and oxygen atoms in total. The van der Waals surface area contributed by atoms with Gasteiger partial charge in [0.05, 0.1) is 19.3 Å². The Morgan fingerprint density at radius 1 is 1.53 bits per heavy atom. The number of aromatic nitrogens is 2. The quantitative estimate of drug-likeness (QED) is 0.826. The molecule has 0 aliphatic carbocycles. The fraction of sp³-hybridized carbons (Fsp3) is 0.385. The predicted octanol–water partition coefficient (Wildman–Crippen LogP) is 1.40. The first kappa shape index (κ1) is 13.4. The average molecular weight is 263 g/mol. The van der Waals surface area contributed by atoms with Crippen molar-refractivity contribution in [2.75, 3.05) is 7.11 Å². The van der Waals surface area contributed by atoms with Crippen molar-refractivity contribution >= 4 is 5.97 Å². The summed E-state index contributed by atoms with van der Waals surface area (Å²) in [5, 5.41) is 7.46. The predicted molar refractivity (Wildman–Crippen MR) is 68.5 cm³/mol. The van der Waals surface area contributed by atoms with E-state index in [2.05, 4.69) is 15.2 Å². The van der Waals surface area contributed by atoms with E-state index in [9.17, 15) is 4.79 Å². The van der Waals surface area contributed by atoms with Crippen LogP contribution in [0.25, 0.3) is 0 Å². The number of carbonyl (C=O) groups is 1. The molecule has 0 saturated carbocycles. The van der Waals surface area contributed by atoms with Gasteiger partial charge in [0, 0.05) is 19.8 Å². The molecule has 0 saturated heterocycles. The Labute approximate surface area is 111 Å². The molecule has 0 bridgehead atoms. The van der Waals surface area contributed by atoms with Crippen LogP contribution in [-0.4, -0.2) is 22.9 Å². The Hall–Kier alpha value is -2.08. The largest absolute Gasteiger partial charge is 0.465 e. The van der Waals surface area contributed by atoms with Crippen molar-refractivity contribution in [3.8, 4) is 0 Å². The first-order valence-corrected chi connectivity index (χ1v) is 5.97. The van der Waals surface area contributed by atoms with Crippen LogP contribution < -0.4 is 5.32 Å². The second-order valence-electron chi connectivity index (χ2n) is 4.26. The summed E-state index contributed by atoms with van der Waals surface area (Å²) in [5.74, 6) is 0.896. The number of rotatable bonds is 5. The van der Waals surface area contributed by atoms with E-state index in [1.807, 2.05) is 19.3 Å². The molecule has 2 aromatic rings. The van der Waals surface area contributed by atoms with Gasteiger partial charge in [0.1, 0.15) is 17.1 Å². The van der Waals surface area contributed by atoms with Gasteiger partial charge in [0.25, 0.3) is 0 Å². The summed E-state index contributed by atoms with van der Waals surface area (Å²) in [5.41, 5.74) is 1.43. The van der Waals surface area contributed by atoms with Crippen LogP contribution in [0.4, 0.5) is 0 Å². The van der Waals surface area contributed by atoms with Crippen LogP contribution in [0.3, 0.4) is 0 Å². The van der Waals surface area contributed by atoms with Gasteiger partial charge in [-0.2, -0.15) is 5.10 Å². The lowest BCUT2D eigenvalue weighted by Crippen LogP contribution is -2.12. The van der Waals surface area contributed by atoms with Crippen LogP contribution in [-0.2, 0) is 24.9 Å². The number of furan rings is 1. The second kappa shape index (κ2) is 5.71. The van der Waals surface area contributed by atoms with E-state index in [0.29, 0.717) is 30.2 Å². The summed E-state index contributed by atoms with van der Waals surface area (Å²) in [7, 11) is 3.23.